The minimum Gasteiger partial charge on any atom is -0.481 e. The number of nitrogens with zero attached hydrogens (tertiary/aromatic N) is 1. The van der Waals surface area contributed by atoms with Crippen LogP contribution in [0.5, 0.6) is 5.88 Å². The van der Waals surface area contributed by atoms with Gasteiger partial charge in [-0.3, -0.25) is 4.79 Å². The van der Waals surface area contributed by atoms with E-state index in [0.29, 0.717) is 5.88 Å². The molecule has 1 heterocycles. The van der Waals surface area contributed by atoms with Crippen LogP contribution < -0.4 is 4.74 Å². The van der Waals surface area contributed by atoms with Crippen molar-refractivity contribution in [2.75, 3.05) is 14.2 Å². The van der Waals surface area contributed by atoms with Gasteiger partial charge in [-0.15, -0.1) is 0 Å². The number of methoxy groups -OCH3 is 2. The Bertz CT molecular complexity index is 363. The Labute approximate surface area is 95.6 Å². The van der Waals surface area contributed by atoms with E-state index in [1.807, 2.05) is 19.9 Å². The molecule has 16 heavy (non-hydrogen) atoms. The number of hydrogen-bond donors (Lipinski definition) is 0. The number of carbonyl (C=O) groups is 1. The summed E-state index contributed by atoms with van der Waals surface area (Å²) < 4.78 is 9.84. The summed E-state index contributed by atoms with van der Waals surface area (Å²) in [5.41, 5.74) is 0.869. The maximum absolute atomic E-state index is 11.7. The third-order valence-electron chi connectivity index (χ3n) is 2.45. The molecular weight excluding hydrogens is 206 g/mol. The van der Waals surface area contributed by atoms with E-state index in [1.54, 1.807) is 19.4 Å². The van der Waals surface area contributed by atoms with Gasteiger partial charge in [-0.1, -0.05) is 13.8 Å². The van der Waals surface area contributed by atoms with Gasteiger partial charge in [0.1, 0.15) is 0 Å². The van der Waals surface area contributed by atoms with Crippen molar-refractivity contribution in [2.24, 2.45) is 5.92 Å². The summed E-state index contributed by atoms with van der Waals surface area (Å²) in [6, 6.07) is 3.58. The van der Waals surface area contributed by atoms with E-state index in [0.717, 1.165) is 5.56 Å². The first-order valence-corrected chi connectivity index (χ1v) is 5.18. The van der Waals surface area contributed by atoms with E-state index in [4.69, 9.17) is 9.47 Å². The first-order valence-electron chi connectivity index (χ1n) is 5.18. The molecule has 0 aliphatic rings. The number of aromatic nitrogens is 1. The van der Waals surface area contributed by atoms with Crippen molar-refractivity contribution >= 4 is 5.97 Å². The van der Waals surface area contributed by atoms with Gasteiger partial charge in [-0.2, -0.15) is 0 Å². The molecule has 88 valence electrons. The molecule has 4 nitrogen and oxygen atoms in total. The molecular formula is C12H17NO3. The van der Waals surface area contributed by atoms with Crippen LogP contribution in [-0.4, -0.2) is 25.2 Å². The van der Waals surface area contributed by atoms with Crippen LogP contribution in [-0.2, 0) is 9.53 Å². The molecule has 1 aromatic rings. The van der Waals surface area contributed by atoms with Crippen molar-refractivity contribution < 1.29 is 14.3 Å². The molecule has 1 atom stereocenters. The molecule has 1 rings (SSSR count). The first kappa shape index (κ1) is 12.5. The molecule has 0 aromatic carbocycles. The van der Waals surface area contributed by atoms with E-state index < -0.39 is 0 Å². The minimum atomic E-state index is -0.276. The van der Waals surface area contributed by atoms with Crippen molar-refractivity contribution in [3.63, 3.8) is 0 Å². The van der Waals surface area contributed by atoms with Gasteiger partial charge in [0.2, 0.25) is 5.88 Å². The first-order chi connectivity index (χ1) is 7.60. The molecule has 0 N–H and O–H groups in total. The van der Waals surface area contributed by atoms with Crippen LogP contribution in [0.3, 0.4) is 0 Å². The molecule has 0 radical (unpaired) electrons. The summed E-state index contributed by atoms with van der Waals surface area (Å²) in [7, 11) is 2.95. The molecule has 1 aromatic heterocycles. The van der Waals surface area contributed by atoms with Gasteiger partial charge in [-0.25, -0.2) is 4.98 Å². The third kappa shape index (κ3) is 2.72. The number of hydrogen-bond acceptors (Lipinski definition) is 4. The third-order valence-corrected chi connectivity index (χ3v) is 2.45. The number of ether oxygens (including phenoxy) is 2. The van der Waals surface area contributed by atoms with Crippen LogP contribution in [0, 0.1) is 5.92 Å². The van der Waals surface area contributed by atoms with E-state index in [9.17, 15) is 4.79 Å². The number of carbonyl (C=O) groups excluding carboxylic acids is 1. The van der Waals surface area contributed by atoms with Crippen LogP contribution in [0.1, 0.15) is 25.3 Å². The fourth-order valence-electron chi connectivity index (χ4n) is 1.65. The molecule has 4 heteroatoms. The second kappa shape index (κ2) is 5.49. The summed E-state index contributed by atoms with van der Waals surface area (Å²) in [6.45, 7) is 3.96. The van der Waals surface area contributed by atoms with Crippen LogP contribution in [0.4, 0.5) is 0 Å². The SMILES string of the molecule is COC(=O)C(c1ccnc(OC)c1)C(C)C. The highest BCUT2D eigenvalue weighted by atomic mass is 16.5. The topological polar surface area (TPSA) is 48.4 Å². The Morgan fingerprint density at radius 1 is 1.38 bits per heavy atom. The van der Waals surface area contributed by atoms with Gasteiger partial charge in [0, 0.05) is 12.3 Å². The van der Waals surface area contributed by atoms with Crippen molar-refractivity contribution in [3.05, 3.63) is 23.9 Å². The van der Waals surface area contributed by atoms with E-state index in [2.05, 4.69) is 4.98 Å². The molecule has 0 fully saturated rings. The standard InChI is InChI=1S/C12H17NO3/c1-8(2)11(12(14)16-4)9-5-6-13-10(7-9)15-3/h5-8,11H,1-4H3. The molecule has 0 amide bonds. The average molecular weight is 223 g/mol. The molecule has 1 unspecified atom stereocenters. The van der Waals surface area contributed by atoms with Crippen LogP contribution in [0.15, 0.2) is 18.3 Å². The largest absolute Gasteiger partial charge is 0.481 e. The number of rotatable bonds is 4. The summed E-state index contributed by atoms with van der Waals surface area (Å²) >= 11 is 0. The predicted molar refractivity (Wildman–Crippen MR) is 60.4 cm³/mol. The molecule has 0 aliphatic heterocycles. The summed E-state index contributed by atoms with van der Waals surface area (Å²) in [5, 5.41) is 0. The molecule has 0 spiro atoms. The zero-order chi connectivity index (χ0) is 12.1. The lowest BCUT2D eigenvalue weighted by Crippen LogP contribution is -2.19. The smallest absolute Gasteiger partial charge is 0.313 e. The van der Waals surface area contributed by atoms with Gasteiger partial charge in [0.25, 0.3) is 0 Å². The lowest BCUT2D eigenvalue weighted by Gasteiger charge is -2.18. The highest BCUT2D eigenvalue weighted by molar-refractivity contribution is 5.78. The second-order valence-electron chi connectivity index (χ2n) is 3.88. The fourth-order valence-corrected chi connectivity index (χ4v) is 1.65. The maximum atomic E-state index is 11.7. The normalized spacial score (nSPS) is 12.3. The minimum absolute atomic E-state index is 0.166. The molecule has 0 saturated carbocycles. The highest BCUT2D eigenvalue weighted by Crippen LogP contribution is 2.27. The summed E-state index contributed by atoms with van der Waals surface area (Å²) in [5.74, 6) is 0.164. The van der Waals surface area contributed by atoms with Crippen LogP contribution in [0.2, 0.25) is 0 Å². The van der Waals surface area contributed by atoms with Gasteiger partial charge in [0.15, 0.2) is 0 Å². The number of esters is 1. The van der Waals surface area contributed by atoms with Gasteiger partial charge >= 0.3 is 5.97 Å². The molecule has 0 saturated heterocycles. The van der Waals surface area contributed by atoms with Gasteiger partial charge in [-0.05, 0) is 17.5 Å². The average Bonchev–Trinajstić information content (AvgIpc) is 2.29. The Balaban J connectivity index is 3.05. The highest BCUT2D eigenvalue weighted by Gasteiger charge is 2.25. The zero-order valence-electron chi connectivity index (χ0n) is 10.1. The van der Waals surface area contributed by atoms with Crippen molar-refractivity contribution in [3.8, 4) is 5.88 Å². The maximum Gasteiger partial charge on any atom is 0.313 e. The lowest BCUT2D eigenvalue weighted by molar-refractivity contribution is -0.143. The zero-order valence-corrected chi connectivity index (χ0v) is 10.1. The summed E-state index contributed by atoms with van der Waals surface area (Å²) in [6.07, 6.45) is 1.63. The monoisotopic (exact) mass is 223 g/mol. The fraction of sp³-hybridized carbons (Fsp3) is 0.500. The quantitative estimate of drug-likeness (QED) is 0.732. The lowest BCUT2D eigenvalue weighted by atomic mass is 9.89. The Hall–Kier alpha value is -1.58. The summed E-state index contributed by atoms with van der Waals surface area (Å²) in [4.78, 5) is 15.7. The van der Waals surface area contributed by atoms with E-state index >= 15 is 0 Å². The van der Waals surface area contributed by atoms with Gasteiger partial charge in [0.05, 0.1) is 20.1 Å². The van der Waals surface area contributed by atoms with Gasteiger partial charge < -0.3 is 9.47 Å². The van der Waals surface area contributed by atoms with Crippen LogP contribution in [0.25, 0.3) is 0 Å². The van der Waals surface area contributed by atoms with E-state index in [1.165, 1.54) is 7.11 Å². The Kier molecular flexibility index (Phi) is 4.28. The van der Waals surface area contributed by atoms with Crippen molar-refractivity contribution in [1.29, 1.82) is 0 Å². The van der Waals surface area contributed by atoms with Crippen LogP contribution >= 0.6 is 0 Å². The van der Waals surface area contributed by atoms with E-state index in [-0.39, 0.29) is 17.8 Å². The number of pyridine rings is 1. The molecule has 0 bridgehead atoms. The Morgan fingerprint density at radius 2 is 2.06 bits per heavy atom. The van der Waals surface area contributed by atoms with Crippen molar-refractivity contribution in [2.45, 2.75) is 19.8 Å². The predicted octanol–water partition coefficient (Wildman–Crippen LogP) is 2.00. The van der Waals surface area contributed by atoms with Crippen molar-refractivity contribution in [1.82, 2.24) is 4.98 Å². The Morgan fingerprint density at radius 3 is 2.56 bits per heavy atom. The molecule has 0 aliphatic carbocycles. The second-order valence-corrected chi connectivity index (χ2v) is 3.88.